The molecule has 0 aromatic carbocycles. The molecule has 0 unspecified atom stereocenters. The quantitative estimate of drug-likeness (QED) is 0.450. The topological polar surface area (TPSA) is 23.8 Å². The molecule has 0 spiro atoms. The van der Waals surface area contributed by atoms with E-state index < -0.39 is 0 Å². The number of hydrogen-bond donors (Lipinski definition) is 0. The lowest BCUT2D eigenvalue weighted by atomic mass is 10.6. The third kappa shape index (κ3) is 6.19. The van der Waals surface area contributed by atoms with E-state index in [1.165, 1.54) is 6.42 Å². The van der Waals surface area contributed by atoms with E-state index in [1.807, 2.05) is 0 Å². The molecule has 0 aliphatic heterocycles. The second kappa shape index (κ2) is 7.19. The van der Waals surface area contributed by atoms with Crippen LogP contribution in [-0.2, 0) is 0 Å². The third-order valence-corrected chi connectivity index (χ3v) is 2.84. The highest BCUT2D eigenvalue weighted by Gasteiger charge is 1.83. The molecule has 0 N–H and O–H groups in total. The normalized spacial score (nSPS) is 8.50. The number of rotatable bonds is 4. The van der Waals surface area contributed by atoms with Crippen LogP contribution in [0.15, 0.2) is 0 Å². The summed E-state index contributed by atoms with van der Waals surface area (Å²) in [6.07, 6.45) is 1.20. The Labute approximate surface area is 58.2 Å². The Kier molecular flexibility index (Phi) is 7.36. The van der Waals surface area contributed by atoms with Crippen molar-refractivity contribution in [2.75, 3.05) is 11.5 Å². The summed E-state index contributed by atoms with van der Waals surface area (Å²) in [5, 5.41) is 8.08. The van der Waals surface area contributed by atoms with Crippen LogP contribution in [0.3, 0.4) is 0 Å². The predicted octanol–water partition coefficient (Wildman–Crippen LogP) is 2.30. The van der Waals surface area contributed by atoms with Gasteiger partial charge in [-0.15, -0.1) is 0 Å². The van der Waals surface area contributed by atoms with Crippen LogP contribution in [0.4, 0.5) is 0 Å². The molecule has 0 aliphatic rings. The lowest BCUT2D eigenvalue weighted by Gasteiger charge is -1.89. The Balaban J connectivity index is 2.65. The lowest BCUT2D eigenvalue weighted by molar-refractivity contribution is 1.11. The van der Waals surface area contributed by atoms with E-state index in [2.05, 4.69) is 13.0 Å². The van der Waals surface area contributed by atoms with Crippen LogP contribution < -0.4 is 0 Å². The average Bonchev–Trinajstić information content (AvgIpc) is 1.81. The van der Waals surface area contributed by atoms with Crippen molar-refractivity contribution in [1.82, 2.24) is 0 Å². The van der Waals surface area contributed by atoms with Crippen molar-refractivity contribution in [3.63, 3.8) is 0 Å². The van der Waals surface area contributed by atoms with Crippen LogP contribution in [0, 0.1) is 11.3 Å². The first kappa shape index (κ1) is 8.19. The van der Waals surface area contributed by atoms with E-state index in [9.17, 15) is 0 Å². The molecule has 0 atom stereocenters. The molecule has 0 aliphatic carbocycles. The Bertz CT molecular complexity index is 77.0. The van der Waals surface area contributed by atoms with E-state index >= 15 is 0 Å². The van der Waals surface area contributed by atoms with Crippen molar-refractivity contribution in [2.45, 2.75) is 13.3 Å². The van der Waals surface area contributed by atoms with Crippen molar-refractivity contribution in [3.8, 4) is 6.07 Å². The Morgan fingerprint density at radius 1 is 1.50 bits per heavy atom. The van der Waals surface area contributed by atoms with Gasteiger partial charge in [0.1, 0.15) is 0 Å². The molecular weight excluding hydrogens is 138 g/mol. The highest BCUT2D eigenvalue weighted by Crippen LogP contribution is 2.20. The predicted molar refractivity (Wildman–Crippen MR) is 40.8 cm³/mol. The van der Waals surface area contributed by atoms with E-state index in [4.69, 9.17) is 5.26 Å². The van der Waals surface area contributed by atoms with Crippen LogP contribution in [0.2, 0.25) is 0 Å². The highest BCUT2D eigenvalue weighted by molar-refractivity contribution is 8.76. The third-order valence-electron chi connectivity index (χ3n) is 0.494. The van der Waals surface area contributed by atoms with E-state index in [1.54, 1.807) is 21.6 Å². The summed E-state index contributed by atoms with van der Waals surface area (Å²) in [6.45, 7) is 2.14. The fourth-order valence-corrected chi connectivity index (χ4v) is 1.89. The zero-order valence-corrected chi connectivity index (χ0v) is 6.52. The molecule has 0 radical (unpaired) electrons. The molecule has 0 heterocycles. The summed E-state index contributed by atoms with van der Waals surface area (Å²) < 4.78 is 0. The summed E-state index contributed by atoms with van der Waals surface area (Å²) in [4.78, 5) is 0. The minimum atomic E-state index is 0.616. The standard InChI is InChI=1S/C5H9NS2/c1-2-4-7-8-5-3-6/h2,4-5H2,1H3. The average molecular weight is 147 g/mol. The minimum absolute atomic E-state index is 0.616. The van der Waals surface area contributed by atoms with Gasteiger partial charge in [-0.2, -0.15) is 5.26 Å². The molecule has 0 fully saturated rings. The van der Waals surface area contributed by atoms with Gasteiger partial charge in [-0.25, -0.2) is 0 Å². The van der Waals surface area contributed by atoms with E-state index in [-0.39, 0.29) is 0 Å². The van der Waals surface area contributed by atoms with Gasteiger partial charge in [-0.3, -0.25) is 0 Å². The fraction of sp³-hybridized carbons (Fsp3) is 0.800. The van der Waals surface area contributed by atoms with E-state index in [0.29, 0.717) is 5.75 Å². The Morgan fingerprint density at radius 3 is 2.75 bits per heavy atom. The van der Waals surface area contributed by atoms with Gasteiger partial charge in [0.05, 0.1) is 11.8 Å². The summed E-state index contributed by atoms with van der Waals surface area (Å²) in [5.41, 5.74) is 0. The van der Waals surface area contributed by atoms with Crippen LogP contribution in [-0.4, -0.2) is 11.5 Å². The second-order valence-electron chi connectivity index (χ2n) is 1.24. The molecule has 0 saturated heterocycles. The molecule has 46 valence electrons. The summed E-state index contributed by atoms with van der Waals surface area (Å²) >= 11 is 0. The summed E-state index contributed by atoms with van der Waals surface area (Å²) in [5.74, 6) is 1.77. The monoisotopic (exact) mass is 147 g/mol. The largest absolute Gasteiger partial charge is 0.197 e. The van der Waals surface area contributed by atoms with Crippen LogP contribution in [0.5, 0.6) is 0 Å². The molecule has 0 aromatic rings. The molecule has 0 rings (SSSR count). The maximum Gasteiger partial charge on any atom is 0.0911 e. The van der Waals surface area contributed by atoms with Crippen molar-refractivity contribution >= 4 is 21.6 Å². The minimum Gasteiger partial charge on any atom is -0.197 e. The van der Waals surface area contributed by atoms with Gasteiger partial charge in [0.15, 0.2) is 0 Å². The molecular formula is C5H9NS2. The van der Waals surface area contributed by atoms with Crippen LogP contribution >= 0.6 is 21.6 Å². The van der Waals surface area contributed by atoms with Crippen LogP contribution in [0.1, 0.15) is 13.3 Å². The molecule has 0 amide bonds. The van der Waals surface area contributed by atoms with Gasteiger partial charge in [-0.05, 0) is 6.42 Å². The van der Waals surface area contributed by atoms with Crippen molar-refractivity contribution in [2.24, 2.45) is 0 Å². The van der Waals surface area contributed by atoms with Gasteiger partial charge in [0.2, 0.25) is 0 Å². The molecule has 1 nitrogen and oxygen atoms in total. The zero-order chi connectivity index (χ0) is 6.24. The summed E-state index contributed by atoms with van der Waals surface area (Å²) in [6, 6.07) is 2.07. The first-order valence-electron chi connectivity index (χ1n) is 2.53. The zero-order valence-electron chi connectivity index (χ0n) is 4.89. The van der Waals surface area contributed by atoms with Crippen molar-refractivity contribution in [3.05, 3.63) is 0 Å². The second-order valence-corrected chi connectivity index (χ2v) is 3.82. The Morgan fingerprint density at radius 2 is 2.25 bits per heavy atom. The number of nitrogens with zero attached hydrogens (tertiary/aromatic N) is 1. The molecule has 3 heteroatoms. The Hall–Kier alpha value is 0.190. The molecule has 0 aromatic heterocycles. The van der Waals surface area contributed by atoms with E-state index in [0.717, 1.165) is 5.75 Å². The lowest BCUT2D eigenvalue weighted by Crippen LogP contribution is -1.68. The van der Waals surface area contributed by atoms with Gasteiger partial charge in [0.25, 0.3) is 0 Å². The van der Waals surface area contributed by atoms with Gasteiger partial charge in [0, 0.05) is 5.75 Å². The molecule has 0 saturated carbocycles. The first-order valence-corrected chi connectivity index (χ1v) is 5.02. The maximum atomic E-state index is 8.08. The molecule has 0 bridgehead atoms. The fourth-order valence-electron chi connectivity index (χ4n) is 0.210. The van der Waals surface area contributed by atoms with Gasteiger partial charge >= 0.3 is 0 Å². The number of nitriles is 1. The van der Waals surface area contributed by atoms with Crippen molar-refractivity contribution < 1.29 is 0 Å². The molecule has 8 heavy (non-hydrogen) atoms. The van der Waals surface area contributed by atoms with Gasteiger partial charge < -0.3 is 0 Å². The first-order chi connectivity index (χ1) is 3.91. The highest BCUT2D eigenvalue weighted by atomic mass is 33.1. The SMILES string of the molecule is CCCSSCC#N. The maximum absolute atomic E-state index is 8.08. The van der Waals surface area contributed by atoms with Crippen LogP contribution in [0.25, 0.3) is 0 Å². The van der Waals surface area contributed by atoms with Crippen molar-refractivity contribution in [1.29, 1.82) is 5.26 Å². The van der Waals surface area contributed by atoms with Gasteiger partial charge in [-0.1, -0.05) is 28.5 Å². The summed E-state index contributed by atoms with van der Waals surface area (Å²) in [7, 11) is 3.41. The smallest absolute Gasteiger partial charge is 0.0911 e. The number of hydrogen-bond acceptors (Lipinski definition) is 3.